The number of benzene rings is 8. The molecule has 0 radical (unpaired) electrons. The Balaban J connectivity index is 0.000000131. The molecule has 8 aliphatic heterocycles. The molecular formula is C103H130N4O4. The Bertz CT molecular complexity index is 4680. The summed E-state index contributed by atoms with van der Waals surface area (Å²) in [4.78, 5) is 9.83. The van der Waals surface area contributed by atoms with Crippen LogP contribution in [0.4, 0.5) is 22.7 Å². The van der Waals surface area contributed by atoms with Gasteiger partial charge in [0.2, 0.25) is 22.9 Å². The molecule has 8 aliphatic rings. The summed E-state index contributed by atoms with van der Waals surface area (Å²) >= 11 is 0. The number of nitrogens with zero attached hydrogens (tertiary/aromatic N) is 4. The standard InChI is InChI=1S/C33H47NO.C27H35NO.C23H27NO.C20H21NO/c1-5-6-7-8-9-10-11-12-13-14-15-18-25-34-30-20-17-16-19-29(30)32(3,4)33(34)24-23-28-26-27(2)21-22-31(28)35-33;1-5-6-7-8-9-12-19-28-24-14-11-10-13-23(24)26(3,4)27(28)18-17-22-20-21(2)15-16-25(22)29-27;1-5-6-15-24-20-10-8-7-9-19(20)22(3,4)23(24)14-13-18-16-17(2)11-12-21(18)25-23;1-14-9-10-18-15(13-14)11-12-20(22-18)19(2,3)16-7-5-6-8-17(16)21(20)4/h16-17,19-24,26H,5-15,18,25H2,1-4H3;10-11,13-18,20H,5-9,12,19H2,1-4H3;7-14,16H,5-6,15H2,1-4H3;5-13H,1-4H3/t33-;27-;23-;20-/m1111/s1. The third-order valence-corrected chi connectivity index (χ3v) is 26.2. The van der Waals surface area contributed by atoms with Gasteiger partial charge in [0.05, 0.1) is 21.7 Å². The smallest absolute Gasteiger partial charge is 0.212 e. The molecule has 0 N–H and O–H groups in total. The van der Waals surface area contributed by atoms with Crippen LogP contribution < -0.4 is 38.5 Å². The number of aryl methyl sites for hydroxylation is 4. The van der Waals surface area contributed by atoms with E-state index >= 15 is 0 Å². The van der Waals surface area contributed by atoms with Crippen molar-refractivity contribution in [2.45, 2.75) is 277 Å². The Labute approximate surface area is 669 Å². The lowest BCUT2D eigenvalue weighted by atomic mass is 9.76. The monoisotopic (exact) mass is 1490 g/mol. The van der Waals surface area contributed by atoms with Gasteiger partial charge in [-0.05, 0) is 246 Å². The maximum atomic E-state index is 6.94. The van der Waals surface area contributed by atoms with Gasteiger partial charge >= 0.3 is 0 Å². The number of likely N-dealkylation sites (N-methyl/N-ethyl adjacent to an activating group) is 1. The van der Waals surface area contributed by atoms with Crippen molar-refractivity contribution in [1.29, 1.82) is 0 Å². The largest absolute Gasteiger partial charge is 0.463 e. The van der Waals surface area contributed by atoms with Gasteiger partial charge in [-0.25, -0.2) is 0 Å². The number of hydrogen-bond acceptors (Lipinski definition) is 8. The first-order chi connectivity index (χ1) is 53.4. The Kier molecular flexibility index (Phi) is 24.2. The third-order valence-electron chi connectivity index (χ3n) is 26.2. The minimum atomic E-state index is -0.475. The number of fused-ring (bicyclic) bond motifs is 8. The van der Waals surface area contributed by atoms with Gasteiger partial charge in [0, 0.05) is 71.7 Å². The van der Waals surface area contributed by atoms with E-state index in [0.717, 1.165) is 54.6 Å². The average Bonchev–Trinajstić information content (AvgIpc) is 1.57. The highest BCUT2D eigenvalue weighted by molar-refractivity contribution is 5.77. The SMILES string of the molecule is CCCCCCCCCCCCCCN1c2ccccc2C(C)(C)[C@]12C=Cc1cc(C)ccc1O2.CCCCCCCCN1c2ccccc2C(C)(C)[C@]12C=Cc1cc(C)ccc1O2.CCCCN1c2ccccc2C(C)(C)[C@]12C=Cc1cc(C)ccc1O2.Cc1ccc2c(c1)C=C[C@]1(O2)N(C)c2ccccc2C1(C)C. The molecule has 0 amide bonds. The summed E-state index contributed by atoms with van der Waals surface area (Å²) in [6, 6.07) is 61.0. The lowest BCUT2D eigenvalue weighted by molar-refractivity contribution is 0.0531. The van der Waals surface area contributed by atoms with Gasteiger partial charge in [-0.15, -0.1) is 0 Å². The molecule has 0 fully saturated rings. The second-order valence-electron chi connectivity index (χ2n) is 35.3. The van der Waals surface area contributed by atoms with Crippen LogP contribution in [0, 0.1) is 27.7 Å². The zero-order valence-electron chi connectivity index (χ0n) is 70.5. The van der Waals surface area contributed by atoms with Crippen molar-refractivity contribution in [3.63, 3.8) is 0 Å². The predicted molar refractivity (Wildman–Crippen MR) is 472 cm³/mol. The lowest BCUT2D eigenvalue weighted by Crippen LogP contribution is -2.59. The maximum absolute atomic E-state index is 6.94. The second kappa shape index (κ2) is 33.4. The van der Waals surface area contributed by atoms with Crippen LogP contribution in [0.2, 0.25) is 0 Å². The van der Waals surface area contributed by atoms with Crippen LogP contribution >= 0.6 is 0 Å². The Morgan fingerprint density at radius 2 is 0.495 bits per heavy atom. The number of para-hydroxylation sites is 4. The van der Waals surface area contributed by atoms with E-state index in [9.17, 15) is 0 Å². The molecule has 586 valence electrons. The zero-order chi connectivity index (χ0) is 78.4. The maximum Gasteiger partial charge on any atom is 0.212 e. The van der Waals surface area contributed by atoms with Crippen molar-refractivity contribution in [3.8, 4) is 23.0 Å². The molecule has 8 heteroatoms. The first kappa shape index (κ1) is 80.2. The van der Waals surface area contributed by atoms with Gasteiger partial charge in [-0.3, -0.25) is 0 Å². The Morgan fingerprint density at radius 3 is 0.793 bits per heavy atom. The first-order valence-electron chi connectivity index (χ1n) is 42.8. The van der Waals surface area contributed by atoms with E-state index in [-0.39, 0.29) is 21.7 Å². The highest BCUT2D eigenvalue weighted by Gasteiger charge is 2.62. The van der Waals surface area contributed by atoms with Crippen LogP contribution in [-0.2, 0) is 21.7 Å². The predicted octanol–water partition coefficient (Wildman–Crippen LogP) is 27.1. The third kappa shape index (κ3) is 15.0. The quantitative estimate of drug-likeness (QED) is 0.0587. The molecule has 0 saturated carbocycles. The van der Waals surface area contributed by atoms with E-state index in [1.165, 1.54) is 206 Å². The van der Waals surface area contributed by atoms with Gasteiger partial charge in [0.1, 0.15) is 23.0 Å². The van der Waals surface area contributed by atoms with Crippen LogP contribution in [0.15, 0.2) is 194 Å². The van der Waals surface area contributed by atoms with Gasteiger partial charge < -0.3 is 38.5 Å². The summed E-state index contributed by atoms with van der Waals surface area (Å²) < 4.78 is 27.2. The van der Waals surface area contributed by atoms with Crippen LogP contribution in [0.1, 0.15) is 271 Å². The molecule has 8 aromatic carbocycles. The molecule has 0 unspecified atom stereocenters. The summed E-state index contributed by atoms with van der Waals surface area (Å²) in [6.07, 6.45) is 44.8. The molecule has 4 atom stereocenters. The van der Waals surface area contributed by atoms with Crippen LogP contribution in [0.25, 0.3) is 24.3 Å². The summed E-state index contributed by atoms with van der Waals surface area (Å²) in [5.74, 6) is 3.93. The van der Waals surface area contributed by atoms with Crippen molar-refractivity contribution < 1.29 is 18.9 Å². The van der Waals surface area contributed by atoms with Gasteiger partial charge in [0.15, 0.2) is 0 Å². The molecule has 0 saturated heterocycles. The fourth-order valence-electron chi connectivity index (χ4n) is 19.4. The topological polar surface area (TPSA) is 49.9 Å². The van der Waals surface area contributed by atoms with Crippen LogP contribution in [-0.4, -0.2) is 49.6 Å². The second-order valence-corrected chi connectivity index (χ2v) is 35.3. The number of anilines is 4. The van der Waals surface area contributed by atoms with Gasteiger partial charge in [0.25, 0.3) is 0 Å². The van der Waals surface area contributed by atoms with Crippen molar-refractivity contribution in [2.75, 3.05) is 46.3 Å². The minimum absolute atomic E-state index is 0.128. The molecule has 8 heterocycles. The number of unbranched alkanes of at least 4 members (excludes halogenated alkanes) is 17. The molecule has 0 bridgehead atoms. The minimum Gasteiger partial charge on any atom is -0.463 e. The van der Waals surface area contributed by atoms with Crippen LogP contribution in [0.5, 0.6) is 23.0 Å². The Hall–Kier alpha value is -8.88. The Morgan fingerprint density at radius 1 is 0.261 bits per heavy atom. The molecule has 0 aromatic heterocycles. The van der Waals surface area contributed by atoms with Gasteiger partial charge in [-0.1, -0.05) is 249 Å². The summed E-state index contributed by atoms with van der Waals surface area (Å²) in [7, 11) is 2.12. The van der Waals surface area contributed by atoms with Crippen LogP contribution in [0.3, 0.4) is 0 Å². The molecular weight excluding hydrogens is 1360 g/mol. The number of hydrogen-bond donors (Lipinski definition) is 0. The lowest BCUT2D eigenvalue weighted by Gasteiger charge is -2.47. The molecule has 0 aliphatic carbocycles. The van der Waals surface area contributed by atoms with Crippen molar-refractivity contribution in [1.82, 2.24) is 0 Å². The van der Waals surface area contributed by atoms with E-state index in [0.29, 0.717) is 0 Å². The van der Waals surface area contributed by atoms with E-state index < -0.39 is 22.9 Å². The normalized spacial score (nSPS) is 21.6. The molecule has 8 nitrogen and oxygen atoms in total. The number of ether oxygens (including phenoxy) is 4. The van der Waals surface area contributed by atoms with E-state index in [2.05, 4.69) is 349 Å². The van der Waals surface area contributed by atoms with E-state index in [1.807, 2.05) is 0 Å². The highest BCUT2D eigenvalue weighted by Crippen LogP contribution is 2.60. The highest BCUT2D eigenvalue weighted by atomic mass is 16.5. The van der Waals surface area contributed by atoms with E-state index in [4.69, 9.17) is 18.9 Å². The zero-order valence-corrected chi connectivity index (χ0v) is 70.5. The first-order valence-corrected chi connectivity index (χ1v) is 42.8. The fraction of sp³-hybridized carbons (Fsp3) is 0.456. The molecule has 8 aromatic rings. The van der Waals surface area contributed by atoms with Crippen molar-refractivity contribution in [3.05, 3.63) is 261 Å². The van der Waals surface area contributed by atoms with Crippen molar-refractivity contribution >= 4 is 47.1 Å². The molecule has 16 rings (SSSR count). The van der Waals surface area contributed by atoms with Crippen molar-refractivity contribution in [2.24, 2.45) is 0 Å². The van der Waals surface area contributed by atoms with Gasteiger partial charge in [-0.2, -0.15) is 0 Å². The number of rotatable bonds is 23. The molecule has 4 spiro atoms. The molecule has 111 heavy (non-hydrogen) atoms. The fourth-order valence-corrected chi connectivity index (χ4v) is 19.4. The summed E-state index contributed by atoms with van der Waals surface area (Å²) in [5.41, 5.74) is 18.0. The summed E-state index contributed by atoms with van der Waals surface area (Å²) in [5, 5.41) is 0. The summed E-state index contributed by atoms with van der Waals surface area (Å²) in [6.45, 7) is 36.9. The average molecular weight is 1490 g/mol. The van der Waals surface area contributed by atoms with E-state index in [1.54, 1.807) is 0 Å².